The average Bonchev–Trinajstić information content (AvgIpc) is 2.05. The van der Waals surface area contributed by atoms with Gasteiger partial charge in [-0.15, -0.1) is 0 Å². The SMILES string of the molecule is O=S([O-])C(I)c1ccccc1. The summed E-state index contributed by atoms with van der Waals surface area (Å²) >= 11 is -0.140. The van der Waals surface area contributed by atoms with Crippen molar-refractivity contribution < 1.29 is 8.76 Å². The quantitative estimate of drug-likeness (QED) is 0.472. The smallest absolute Gasteiger partial charge is 0.0980 e. The molecule has 0 heterocycles. The van der Waals surface area contributed by atoms with Gasteiger partial charge in [-0.25, -0.2) is 0 Å². The van der Waals surface area contributed by atoms with Crippen molar-refractivity contribution >= 4 is 33.7 Å². The van der Waals surface area contributed by atoms with Gasteiger partial charge >= 0.3 is 0 Å². The van der Waals surface area contributed by atoms with Crippen molar-refractivity contribution in [1.82, 2.24) is 0 Å². The first-order valence-corrected chi connectivity index (χ1v) is 5.37. The number of hydrogen-bond donors (Lipinski definition) is 0. The third-order valence-electron chi connectivity index (χ3n) is 1.23. The second kappa shape index (κ2) is 4.18. The molecule has 0 spiro atoms. The van der Waals surface area contributed by atoms with Gasteiger partial charge in [-0.1, -0.05) is 52.9 Å². The first-order chi connectivity index (χ1) is 5.22. The number of hydrogen-bond acceptors (Lipinski definition) is 2. The number of alkyl halides is 1. The van der Waals surface area contributed by atoms with Crippen LogP contribution in [0.1, 0.15) is 8.82 Å². The van der Waals surface area contributed by atoms with E-state index in [1.54, 1.807) is 12.1 Å². The lowest BCUT2D eigenvalue weighted by molar-refractivity contribution is 0.536. The lowest BCUT2D eigenvalue weighted by atomic mass is 10.2. The summed E-state index contributed by atoms with van der Waals surface area (Å²) in [4.78, 5) is 0. The second-order valence-corrected chi connectivity index (χ2v) is 5.07. The molecule has 60 valence electrons. The third-order valence-corrected chi connectivity index (χ3v) is 3.81. The highest BCUT2D eigenvalue weighted by Gasteiger charge is 2.04. The number of halogens is 1. The Bertz CT molecular complexity index is 250. The van der Waals surface area contributed by atoms with Crippen molar-refractivity contribution in [2.24, 2.45) is 0 Å². The van der Waals surface area contributed by atoms with Crippen molar-refractivity contribution in [2.75, 3.05) is 0 Å². The molecule has 0 bridgehead atoms. The Morgan fingerprint density at radius 3 is 2.36 bits per heavy atom. The van der Waals surface area contributed by atoms with E-state index in [4.69, 9.17) is 0 Å². The van der Waals surface area contributed by atoms with Gasteiger partial charge in [0, 0.05) is 0 Å². The first-order valence-electron chi connectivity index (χ1n) is 2.99. The Balaban J connectivity index is 2.85. The molecular formula is C7H6IO2S-. The van der Waals surface area contributed by atoms with E-state index in [0.717, 1.165) is 5.56 Å². The molecule has 2 atom stereocenters. The number of rotatable bonds is 2. The van der Waals surface area contributed by atoms with Gasteiger partial charge in [-0.05, 0) is 16.6 Å². The van der Waals surface area contributed by atoms with Gasteiger partial charge in [0.1, 0.15) is 0 Å². The van der Waals surface area contributed by atoms with E-state index in [1.165, 1.54) is 0 Å². The maximum Gasteiger partial charge on any atom is 0.0980 e. The molecular weight excluding hydrogens is 275 g/mol. The summed E-state index contributed by atoms with van der Waals surface area (Å²) in [6, 6.07) is 9.11. The molecule has 2 unspecified atom stereocenters. The zero-order chi connectivity index (χ0) is 8.27. The van der Waals surface area contributed by atoms with Crippen LogP contribution in [0.5, 0.6) is 0 Å². The van der Waals surface area contributed by atoms with E-state index in [9.17, 15) is 8.76 Å². The van der Waals surface area contributed by atoms with Crippen LogP contribution in [0.4, 0.5) is 0 Å². The molecule has 4 heteroatoms. The Morgan fingerprint density at radius 1 is 1.36 bits per heavy atom. The molecule has 0 fully saturated rings. The molecule has 0 aromatic heterocycles. The Hall–Kier alpha value is 0.0600. The van der Waals surface area contributed by atoms with E-state index in [2.05, 4.69) is 0 Å². The maximum absolute atomic E-state index is 10.5. The fourth-order valence-electron chi connectivity index (χ4n) is 0.715. The first kappa shape index (κ1) is 9.15. The Morgan fingerprint density at radius 2 is 1.91 bits per heavy atom. The fourth-order valence-corrected chi connectivity index (χ4v) is 1.51. The summed E-state index contributed by atoms with van der Waals surface area (Å²) in [6.45, 7) is 0. The van der Waals surface area contributed by atoms with Crippen LogP contribution < -0.4 is 0 Å². The van der Waals surface area contributed by atoms with Crippen LogP contribution in [0.2, 0.25) is 0 Å². The van der Waals surface area contributed by atoms with Gasteiger partial charge in [0.15, 0.2) is 0 Å². The largest absolute Gasteiger partial charge is 0.771 e. The van der Waals surface area contributed by atoms with Gasteiger partial charge in [-0.2, -0.15) is 0 Å². The molecule has 0 aliphatic heterocycles. The van der Waals surface area contributed by atoms with Crippen molar-refractivity contribution in [3.8, 4) is 0 Å². The zero-order valence-electron chi connectivity index (χ0n) is 5.57. The van der Waals surface area contributed by atoms with E-state index >= 15 is 0 Å². The molecule has 11 heavy (non-hydrogen) atoms. The highest BCUT2D eigenvalue weighted by atomic mass is 127. The predicted molar refractivity (Wildman–Crippen MR) is 52.1 cm³/mol. The highest BCUT2D eigenvalue weighted by molar-refractivity contribution is 14.1. The topological polar surface area (TPSA) is 40.1 Å². The molecule has 0 saturated carbocycles. The molecule has 1 aromatic carbocycles. The Kier molecular flexibility index (Phi) is 3.47. The van der Waals surface area contributed by atoms with Crippen molar-refractivity contribution in [2.45, 2.75) is 3.26 Å². The fraction of sp³-hybridized carbons (Fsp3) is 0.143. The summed E-state index contributed by atoms with van der Waals surface area (Å²) in [5.74, 6) is 0. The second-order valence-electron chi connectivity index (χ2n) is 1.99. The van der Waals surface area contributed by atoms with E-state index in [1.807, 2.05) is 40.8 Å². The molecule has 0 N–H and O–H groups in total. The molecule has 0 aliphatic rings. The number of benzene rings is 1. The van der Waals surface area contributed by atoms with Crippen molar-refractivity contribution in [3.63, 3.8) is 0 Å². The highest BCUT2D eigenvalue weighted by Crippen LogP contribution is 2.25. The summed E-state index contributed by atoms with van der Waals surface area (Å²) in [5, 5.41) is 0. The van der Waals surface area contributed by atoms with Crippen LogP contribution in [0.25, 0.3) is 0 Å². The van der Waals surface area contributed by atoms with E-state index < -0.39 is 14.3 Å². The van der Waals surface area contributed by atoms with Crippen molar-refractivity contribution in [1.29, 1.82) is 0 Å². The minimum absolute atomic E-state index is 0.436. The lowest BCUT2D eigenvalue weighted by Gasteiger charge is -2.12. The van der Waals surface area contributed by atoms with Gasteiger partial charge < -0.3 is 4.55 Å². The minimum Gasteiger partial charge on any atom is -0.771 e. The summed E-state index contributed by atoms with van der Waals surface area (Å²) in [6.07, 6.45) is 0. The Labute approximate surface area is 81.4 Å². The summed E-state index contributed by atoms with van der Waals surface area (Å²) in [7, 11) is 0. The molecule has 0 amide bonds. The van der Waals surface area contributed by atoms with Crippen LogP contribution in [0, 0.1) is 0 Å². The molecule has 1 rings (SSSR count). The minimum atomic E-state index is -2.02. The van der Waals surface area contributed by atoms with E-state index in [0.29, 0.717) is 0 Å². The van der Waals surface area contributed by atoms with Gasteiger partial charge in [0.05, 0.1) is 3.26 Å². The van der Waals surface area contributed by atoms with Crippen LogP contribution in [-0.4, -0.2) is 8.76 Å². The van der Waals surface area contributed by atoms with E-state index in [-0.39, 0.29) is 0 Å². The van der Waals surface area contributed by atoms with Crippen LogP contribution in [-0.2, 0) is 11.1 Å². The predicted octanol–water partition coefficient (Wildman–Crippen LogP) is 2.00. The normalized spacial score (nSPS) is 15.8. The lowest BCUT2D eigenvalue weighted by Crippen LogP contribution is -1.96. The van der Waals surface area contributed by atoms with Gasteiger partial charge in [0.2, 0.25) is 0 Å². The average molecular weight is 281 g/mol. The molecule has 1 aromatic rings. The van der Waals surface area contributed by atoms with Gasteiger partial charge in [0.25, 0.3) is 0 Å². The van der Waals surface area contributed by atoms with Crippen LogP contribution in [0.3, 0.4) is 0 Å². The molecule has 0 radical (unpaired) electrons. The van der Waals surface area contributed by atoms with Gasteiger partial charge in [-0.3, -0.25) is 4.21 Å². The van der Waals surface area contributed by atoms with Crippen molar-refractivity contribution in [3.05, 3.63) is 35.9 Å². The zero-order valence-corrected chi connectivity index (χ0v) is 8.54. The molecule has 0 aliphatic carbocycles. The monoisotopic (exact) mass is 281 g/mol. The standard InChI is InChI=1S/C7H7IO2S/c8-7(11(9)10)6-4-2-1-3-5-6/h1-5,7H,(H,9,10)/p-1. The third kappa shape index (κ3) is 2.53. The summed E-state index contributed by atoms with van der Waals surface area (Å²) in [5.41, 5.74) is 0.821. The summed E-state index contributed by atoms with van der Waals surface area (Å²) < 4.78 is 20.5. The maximum atomic E-state index is 10.5. The van der Waals surface area contributed by atoms with Crippen LogP contribution >= 0.6 is 22.6 Å². The molecule has 0 saturated heterocycles. The van der Waals surface area contributed by atoms with Crippen LogP contribution in [0.15, 0.2) is 30.3 Å². The molecule has 2 nitrogen and oxygen atoms in total.